The molecule has 0 aliphatic heterocycles. The first-order valence-corrected chi connectivity index (χ1v) is 8.80. The molecule has 25 heavy (non-hydrogen) atoms. The van der Waals surface area contributed by atoms with Crippen LogP contribution in [0.15, 0.2) is 59.5 Å². The molecular formula is C18H17NO5S. The number of nitrogens with one attached hydrogen (secondary N) is 1. The molecule has 0 heterocycles. The van der Waals surface area contributed by atoms with Crippen molar-refractivity contribution in [3.8, 4) is 5.75 Å². The minimum absolute atomic E-state index is 0.153. The van der Waals surface area contributed by atoms with Gasteiger partial charge < -0.3 is 4.74 Å². The van der Waals surface area contributed by atoms with Crippen LogP contribution < -0.4 is 9.46 Å². The first-order chi connectivity index (χ1) is 11.8. The number of ketones is 1. The normalized spacial score (nSPS) is 11.3. The van der Waals surface area contributed by atoms with E-state index in [2.05, 4.69) is 0 Å². The summed E-state index contributed by atoms with van der Waals surface area (Å²) in [6.07, 6.45) is 2.56. The van der Waals surface area contributed by atoms with E-state index in [1.54, 1.807) is 24.3 Å². The Morgan fingerprint density at radius 1 is 1.08 bits per heavy atom. The number of ether oxygens (including phenoxy) is 1. The van der Waals surface area contributed by atoms with Crippen LogP contribution in [0.2, 0.25) is 0 Å². The second-order valence-electron chi connectivity index (χ2n) is 5.13. The molecule has 0 spiro atoms. The van der Waals surface area contributed by atoms with Crippen LogP contribution in [0, 0.1) is 0 Å². The van der Waals surface area contributed by atoms with E-state index in [-0.39, 0.29) is 16.2 Å². The van der Waals surface area contributed by atoms with E-state index in [1.807, 2.05) is 4.72 Å². The average molecular weight is 359 g/mol. The number of para-hydroxylation sites is 1. The smallest absolute Gasteiger partial charge is 0.264 e. The standard InChI is InChI=1S/C18H17NO5S/c1-13(20)15-7-5-8-16(12-15)25(22,23)19-18(21)11-10-14-6-3-4-9-17(14)24-2/h3-12H,1-2H3,(H,19,21). The second kappa shape index (κ2) is 7.76. The predicted molar refractivity (Wildman–Crippen MR) is 93.8 cm³/mol. The lowest BCUT2D eigenvalue weighted by Crippen LogP contribution is -2.29. The Kier molecular flexibility index (Phi) is 5.71. The zero-order valence-electron chi connectivity index (χ0n) is 13.7. The molecule has 6 nitrogen and oxygen atoms in total. The lowest BCUT2D eigenvalue weighted by molar-refractivity contribution is -0.114. The number of methoxy groups -OCH3 is 1. The van der Waals surface area contributed by atoms with Crippen LogP contribution in [0.4, 0.5) is 0 Å². The molecule has 0 aromatic heterocycles. The van der Waals surface area contributed by atoms with Gasteiger partial charge in [0.05, 0.1) is 12.0 Å². The van der Waals surface area contributed by atoms with Gasteiger partial charge in [0, 0.05) is 17.2 Å². The fourth-order valence-corrected chi connectivity index (χ4v) is 3.07. The van der Waals surface area contributed by atoms with E-state index in [9.17, 15) is 18.0 Å². The summed E-state index contributed by atoms with van der Waals surface area (Å²) in [5.74, 6) is -0.512. The Morgan fingerprint density at radius 2 is 1.80 bits per heavy atom. The number of hydrogen-bond donors (Lipinski definition) is 1. The number of carbonyl (C=O) groups is 2. The third-order valence-corrected chi connectivity index (χ3v) is 4.68. The maximum atomic E-state index is 12.3. The molecule has 1 N–H and O–H groups in total. The molecule has 0 aliphatic carbocycles. The van der Waals surface area contributed by atoms with Gasteiger partial charge in [-0.15, -0.1) is 0 Å². The Morgan fingerprint density at radius 3 is 2.48 bits per heavy atom. The number of Topliss-reactive ketones (excluding diaryl/α,β-unsaturated/α-hetero) is 1. The van der Waals surface area contributed by atoms with Crippen LogP contribution >= 0.6 is 0 Å². The monoisotopic (exact) mass is 359 g/mol. The molecule has 7 heteroatoms. The molecule has 2 aromatic rings. The van der Waals surface area contributed by atoms with Gasteiger partial charge >= 0.3 is 0 Å². The summed E-state index contributed by atoms with van der Waals surface area (Å²) < 4.78 is 31.6. The van der Waals surface area contributed by atoms with E-state index >= 15 is 0 Å². The van der Waals surface area contributed by atoms with E-state index in [1.165, 1.54) is 44.4 Å². The summed E-state index contributed by atoms with van der Waals surface area (Å²) in [6.45, 7) is 1.33. The Bertz CT molecular complexity index is 932. The molecule has 130 valence electrons. The van der Waals surface area contributed by atoms with Gasteiger partial charge in [0.25, 0.3) is 15.9 Å². The van der Waals surface area contributed by atoms with Gasteiger partial charge in [0.1, 0.15) is 5.75 Å². The summed E-state index contributed by atoms with van der Waals surface area (Å²) >= 11 is 0. The van der Waals surface area contributed by atoms with Gasteiger partial charge in [-0.05, 0) is 31.2 Å². The van der Waals surface area contributed by atoms with Gasteiger partial charge in [-0.1, -0.05) is 30.3 Å². The molecule has 0 fully saturated rings. The molecular weight excluding hydrogens is 342 g/mol. The predicted octanol–water partition coefficient (Wildman–Crippen LogP) is 2.42. The van der Waals surface area contributed by atoms with Crippen molar-refractivity contribution in [1.82, 2.24) is 4.72 Å². The van der Waals surface area contributed by atoms with Crippen molar-refractivity contribution in [2.45, 2.75) is 11.8 Å². The summed E-state index contributed by atoms with van der Waals surface area (Å²) in [7, 11) is -2.57. The van der Waals surface area contributed by atoms with Crippen molar-refractivity contribution in [3.63, 3.8) is 0 Å². The molecule has 0 saturated heterocycles. The molecule has 0 unspecified atom stereocenters. The van der Waals surface area contributed by atoms with Gasteiger partial charge in [-0.2, -0.15) is 0 Å². The molecule has 0 bridgehead atoms. The fraction of sp³-hybridized carbons (Fsp3) is 0.111. The lowest BCUT2D eigenvalue weighted by Gasteiger charge is -2.06. The van der Waals surface area contributed by atoms with Crippen LogP contribution in [-0.2, 0) is 14.8 Å². The van der Waals surface area contributed by atoms with Gasteiger partial charge in [0.15, 0.2) is 5.78 Å². The topological polar surface area (TPSA) is 89.5 Å². The third-order valence-electron chi connectivity index (χ3n) is 3.34. The maximum absolute atomic E-state index is 12.3. The molecule has 0 saturated carbocycles. The molecule has 0 radical (unpaired) electrons. The highest BCUT2D eigenvalue weighted by Crippen LogP contribution is 2.18. The van der Waals surface area contributed by atoms with Crippen molar-refractivity contribution in [2.24, 2.45) is 0 Å². The van der Waals surface area contributed by atoms with Crippen LogP contribution in [-0.4, -0.2) is 27.2 Å². The highest BCUT2D eigenvalue weighted by atomic mass is 32.2. The van der Waals surface area contributed by atoms with E-state index in [4.69, 9.17) is 4.74 Å². The Hall–Kier alpha value is -2.93. The summed E-state index contributed by atoms with van der Waals surface area (Å²) in [6, 6.07) is 12.5. The largest absolute Gasteiger partial charge is 0.496 e. The van der Waals surface area contributed by atoms with E-state index in [0.717, 1.165) is 6.08 Å². The second-order valence-corrected chi connectivity index (χ2v) is 6.81. The number of carbonyl (C=O) groups excluding carboxylic acids is 2. The Labute approximate surface area is 146 Å². The highest BCUT2D eigenvalue weighted by Gasteiger charge is 2.17. The molecule has 1 amide bonds. The highest BCUT2D eigenvalue weighted by molar-refractivity contribution is 7.90. The summed E-state index contributed by atoms with van der Waals surface area (Å²) in [5.41, 5.74) is 0.885. The zero-order valence-corrected chi connectivity index (χ0v) is 14.5. The maximum Gasteiger partial charge on any atom is 0.264 e. The fourth-order valence-electron chi connectivity index (χ4n) is 2.08. The molecule has 2 aromatic carbocycles. The minimum Gasteiger partial charge on any atom is -0.496 e. The SMILES string of the molecule is COc1ccccc1C=CC(=O)NS(=O)(=O)c1cccc(C(C)=O)c1. The summed E-state index contributed by atoms with van der Waals surface area (Å²) in [4.78, 5) is 23.1. The van der Waals surface area contributed by atoms with E-state index < -0.39 is 15.9 Å². The van der Waals surface area contributed by atoms with Crippen molar-refractivity contribution >= 4 is 27.8 Å². The van der Waals surface area contributed by atoms with Gasteiger partial charge in [-0.25, -0.2) is 13.1 Å². The lowest BCUT2D eigenvalue weighted by atomic mass is 10.2. The van der Waals surface area contributed by atoms with Crippen LogP contribution in [0.3, 0.4) is 0 Å². The van der Waals surface area contributed by atoms with Crippen LogP contribution in [0.25, 0.3) is 6.08 Å². The molecule has 0 aliphatic rings. The minimum atomic E-state index is -4.07. The summed E-state index contributed by atoms with van der Waals surface area (Å²) in [5, 5.41) is 0. The van der Waals surface area contributed by atoms with Crippen LogP contribution in [0.1, 0.15) is 22.8 Å². The first kappa shape index (κ1) is 18.4. The number of sulfonamides is 1. The zero-order chi connectivity index (χ0) is 18.4. The Balaban J connectivity index is 2.17. The van der Waals surface area contributed by atoms with Crippen molar-refractivity contribution < 1.29 is 22.7 Å². The van der Waals surface area contributed by atoms with Crippen LogP contribution in [0.5, 0.6) is 5.75 Å². The number of rotatable bonds is 6. The molecule has 2 rings (SSSR count). The van der Waals surface area contributed by atoms with E-state index in [0.29, 0.717) is 11.3 Å². The average Bonchev–Trinajstić information content (AvgIpc) is 2.60. The van der Waals surface area contributed by atoms with Gasteiger partial charge in [-0.3, -0.25) is 9.59 Å². The van der Waals surface area contributed by atoms with Gasteiger partial charge in [0.2, 0.25) is 0 Å². The quantitative estimate of drug-likeness (QED) is 0.632. The first-order valence-electron chi connectivity index (χ1n) is 7.32. The number of benzene rings is 2. The van der Waals surface area contributed by atoms with Crippen molar-refractivity contribution in [1.29, 1.82) is 0 Å². The third kappa shape index (κ3) is 4.77. The van der Waals surface area contributed by atoms with Crippen molar-refractivity contribution in [2.75, 3.05) is 7.11 Å². The number of hydrogen-bond acceptors (Lipinski definition) is 5. The number of amides is 1. The molecule has 0 atom stereocenters. The van der Waals surface area contributed by atoms with Crippen molar-refractivity contribution in [3.05, 3.63) is 65.7 Å².